The highest BCUT2D eigenvalue weighted by Gasteiger charge is 2.17. The van der Waals surface area contributed by atoms with Crippen LogP contribution in [0.2, 0.25) is 10.0 Å². The predicted molar refractivity (Wildman–Crippen MR) is 131 cm³/mol. The van der Waals surface area contributed by atoms with E-state index in [-0.39, 0.29) is 11.7 Å². The molecule has 0 saturated carbocycles. The Morgan fingerprint density at radius 3 is 2.45 bits per heavy atom. The molecule has 174 valence electrons. The van der Waals surface area contributed by atoms with Gasteiger partial charge in [0.25, 0.3) is 0 Å². The lowest BCUT2D eigenvalue weighted by Crippen LogP contribution is -2.26. The lowest BCUT2D eigenvalue weighted by Gasteiger charge is -2.12. The minimum Gasteiger partial charge on any atom is -0.406 e. The number of nitrogens with zero attached hydrogens (tertiary/aromatic N) is 1. The van der Waals surface area contributed by atoms with E-state index in [4.69, 9.17) is 32.7 Å². The number of hydrogen-bond donors (Lipinski definition) is 0. The van der Waals surface area contributed by atoms with Gasteiger partial charge in [0.1, 0.15) is 5.82 Å². The van der Waals surface area contributed by atoms with Crippen LogP contribution in [0.3, 0.4) is 0 Å². The fraction of sp³-hybridized carbons (Fsp3) is 0.280. The van der Waals surface area contributed by atoms with Gasteiger partial charge in [-0.15, -0.1) is 11.8 Å². The van der Waals surface area contributed by atoms with Crippen molar-refractivity contribution in [2.45, 2.75) is 42.9 Å². The van der Waals surface area contributed by atoms with Gasteiger partial charge in [-0.25, -0.2) is 14.2 Å². The van der Waals surface area contributed by atoms with E-state index in [0.29, 0.717) is 22.4 Å². The summed E-state index contributed by atoms with van der Waals surface area (Å²) in [5.41, 5.74) is 1.81. The molecule has 0 amide bonds. The molecule has 0 radical (unpaired) electrons. The summed E-state index contributed by atoms with van der Waals surface area (Å²) < 4.78 is 23.9. The number of carbonyl (C=O) groups is 1. The Bertz CT molecular complexity index is 1050. The first-order valence-electron chi connectivity index (χ1n) is 10.5. The number of ether oxygens (including phenoxy) is 2. The minimum absolute atomic E-state index is 0.218. The molecule has 0 bridgehead atoms. The molecule has 0 spiro atoms. The van der Waals surface area contributed by atoms with Gasteiger partial charge in [0.05, 0.1) is 15.7 Å². The molecule has 1 unspecified atom stereocenters. The SMILES string of the molecule is CC(OCCCCc1ccc(F)cc1)C(=O)Oc1cccc(CSc2c(Cl)cccc2Cl)n1. The first-order chi connectivity index (χ1) is 15.9. The first-order valence-corrected chi connectivity index (χ1v) is 12.3. The van der Waals surface area contributed by atoms with E-state index in [1.807, 2.05) is 6.07 Å². The Labute approximate surface area is 207 Å². The molecule has 1 aromatic heterocycles. The van der Waals surface area contributed by atoms with Crippen molar-refractivity contribution in [3.05, 3.63) is 87.8 Å². The van der Waals surface area contributed by atoms with Gasteiger partial charge in [-0.05, 0) is 62.1 Å². The van der Waals surface area contributed by atoms with Crippen molar-refractivity contribution in [1.82, 2.24) is 4.98 Å². The number of thioether (sulfide) groups is 1. The number of rotatable bonds is 11. The van der Waals surface area contributed by atoms with Crippen LogP contribution >= 0.6 is 35.0 Å². The third-order valence-corrected chi connectivity index (χ3v) is 6.77. The van der Waals surface area contributed by atoms with E-state index in [9.17, 15) is 9.18 Å². The monoisotopic (exact) mass is 507 g/mol. The molecule has 8 heteroatoms. The minimum atomic E-state index is -0.711. The zero-order valence-electron chi connectivity index (χ0n) is 18.1. The molecule has 4 nitrogen and oxygen atoms in total. The molecule has 3 aromatic rings. The summed E-state index contributed by atoms with van der Waals surface area (Å²) in [7, 11) is 0. The van der Waals surface area contributed by atoms with Crippen LogP contribution in [0, 0.1) is 5.82 Å². The number of pyridine rings is 1. The summed E-state index contributed by atoms with van der Waals surface area (Å²) in [4.78, 5) is 17.5. The van der Waals surface area contributed by atoms with E-state index in [1.165, 1.54) is 23.9 Å². The lowest BCUT2D eigenvalue weighted by molar-refractivity contribution is -0.146. The third-order valence-electron chi connectivity index (χ3n) is 4.74. The van der Waals surface area contributed by atoms with E-state index < -0.39 is 12.1 Å². The van der Waals surface area contributed by atoms with Gasteiger partial charge >= 0.3 is 5.97 Å². The van der Waals surface area contributed by atoms with Crippen LogP contribution in [0.25, 0.3) is 0 Å². The maximum absolute atomic E-state index is 12.9. The van der Waals surface area contributed by atoms with Crippen LogP contribution in [0.5, 0.6) is 5.88 Å². The molecule has 0 N–H and O–H groups in total. The maximum atomic E-state index is 12.9. The number of aryl methyl sites for hydroxylation is 1. The van der Waals surface area contributed by atoms with E-state index in [1.54, 1.807) is 49.4 Å². The molecule has 0 aliphatic heterocycles. The average Bonchev–Trinajstić information content (AvgIpc) is 2.80. The molecular formula is C25H24Cl2FNO3S. The van der Waals surface area contributed by atoms with Gasteiger partial charge in [-0.2, -0.15) is 0 Å². The van der Waals surface area contributed by atoms with E-state index in [0.717, 1.165) is 35.4 Å². The quantitative estimate of drug-likeness (QED) is 0.156. The van der Waals surface area contributed by atoms with Crippen LogP contribution in [0.1, 0.15) is 31.0 Å². The fourth-order valence-corrected chi connectivity index (χ4v) is 4.55. The summed E-state index contributed by atoms with van der Waals surface area (Å²) in [5.74, 6) is 0.00267. The largest absolute Gasteiger partial charge is 0.406 e. The zero-order chi connectivity index (χ0) is 23.6. The first kappa shape index (κ1) is 25.5. The standard InChI is InChI=1S/C25H24Cl2FNO3S/c1-17(31-15-3-2-6-18-11-13-19(28)14-12-18)25(30)32-23-10-4-7-20(29-23)16-33-24-21(26)8-5-9-22(24)27/h4-5,7-14,17H,2-3,6,15-16H2,1H3. The van der Waals surface area contributed by atoms with Crippen LogP contribution in [-0.2, 0) is 21.7 Å². The number of aromatic nitrogens is 1. The Balaban J connectivity index is 1.41. The van der Waals surface area contributed by atoms with Gasteiger partial charge in [0.15, 0.2) is 6.10 Å². The van der Waals surface area contributed by atoms with Gasteiger partial charge in [-0.1, -0.05) is 47.5 Å². The van der Waals surface area contributed by atoms with Crippen molar-refractivity contribution in [3.8, 4) is 5.88 Å². The molecule has 0 saturated heterocycles. The number of hydrogen-bond acceptors (Lipinski definition) is 5. The molecule has 0 aliphatic carbocycles. The second kappa shape index (κ2) is 12.9. The van der Waals surface area contributed by atoms with Crippen molar-refractivity contribution in [3.63, 3.8) is 0 Å². The normalized spacial score (nSPS) is 11.9. The maximum Gasteiger partial charge on any atom is 0.341 e. The molecule has 33 heavy (non-hydrogen) atoms. The molecular weight excluding hydrogens is 484 g/mol. The lowest BCUT2D eigenvalue weighted by atomic mass is 10.1. The smallest absolute Gasteiger partial charge is 0.341 e. The predicted octanol–water partition coefficient (Wildman–Crippen LogP) is 7.15. The van der Waals surface area contributed by atoms with Crippen molar-refractivity contribution in [1.29, 1.82) is 0 Å². The number of carbonyl (C=O) groups excluding carboxylic acids is 1. The van der Waals surface area contributed by atoms with Crippen molar-refractivity contribution in [2.75, 3.05) is 6.61 Å². The Kier molecular flexibility index (Phi) is 10.0. The molecule has 0 fully saturated rings. The highest BCUT2D eigenvalue weighted by Crippen LogP contribution is 2.35. The van der Waals surface area contributed by atoms with Gasteiger partial charge in [0, 0.05) is 23.3 Å². The van der Waals surface area contributed by atoms with Crippen LogP contribution in [0.15, 0.2) is 65.6 Å². The molecule has 1 heterocycles. The Morgan fingerprint density at radius 2 is 1.73 bits per heavy atom. The summed E-state index contributed by atoms with van der Waals surface area (Å²) >= 11 is 13.9. The van der Waals surface area contributed by atoms with E-state index >= 15 is 0 Å². The summed E-state index contributed by atoms with van der Waals surface area (Å²) in [5, 5.41) is 1.16. The van der Waals surface area contributed by atoms with E-state index in [2.05, 4.69) is 4.98 Å². The van der Waals surface area contributed by atoms with Crippen LogP contribution < -0.4 is 4.74 Å². The molecule has 0 aliphatic rings. The van der Waals surface area contributed by atoms with Crippen LogP contribution in [0.4, 0.5) is 4.39 Å². The van der Waals surface area contributed by atoms with Gasteiger partial charge in [-0.3, -0.25) is 0 Å². The van der Waals surface area contributed by atoms with Gasteiger partial charge < -0.3 is 9.47 Å². The molecule has 1 atom stereocenters. The third kappa shape index (κ3) is 8.31. The highest BCUT2D eigenvalue weighted by molar-refractivity contribution is 7.98. The van der Waals surface area contributed by atoms with Crippen molar-refractivity contribution >= 4 is 40.9 Å². The highest BCUT2D eigenvalue weighted by atomic mass is 35.5. The summed E-state index contributed by atoms with van der Waals surface area (Å²) in [6.45, 7) is 2.08. The number of esters is 1. The number of benzene rings is 2. The Morgan fingerprint density at radius 1 is 1.03 bits per heavy atom. The average molecular weight is 508 g/mol. The molecule has 3 rings (SSSR count). The van der Waals surface area contributed by atoms with Gasteiger partial charge in [0.2, 0.25) is 5.88 Å². The number of halogens is 3. The van der Waals surface area contributed by atoms with Crippen molar-refractivity contribution < 1.29 is 18.7 Å². The molecule has 2 aromatic carbocycles. The number of unbranched alkanes of at least 4 members (excludes halogenated alkanes) is 1. The Hall–Kier alpha value is -2.12. The van der Waals surface area contributed by atoms with Crippen molar-refractivity contribution in [2.24, 2.45) is 0 Å². The van der Waals surface area contributed by atoms with Crippen LogP contribution in [-0.4, -0.2) is 23.7 Å². The topological polar surface area (TPSA) is 48.4 Å². The summed E-state index contributed by atoms with van der Waals surface area (Å²) in [6, 6.07) is 17.1. The second-order valence-corrected chi connectivity index (χ2v) is 9.12. The second-order valence-electron chi connectivity index (χ2n) is 7.32. The summed E-state index contributed by atoms with van der Waals surface area (Å²) in [6.07, 6.45) is 1.78. The zero-order valence-corrected chi connectivity index (χ0v) is 20.4. The fourth-order valence-electron chi connectivity index (χ4n) is 2.96.